The average Bonchev–Trinajstić information content (AvgIpc) is 2.83. The maximum Gasteiger partial charge on any atom is 0.312 e. The van der Waals surface area contributed by atoms with Crippen LogP contribution in [0.3, 0.4) is 0 Å². The summed E-state index contributed by atoms with van der Waals surface area (Å²) in [6, 6.07) is 15.3. The highest BCUT2D eigenvalue weighted by atomic mass is 32.2. The first-order valence-corrected chi connectivity index (χ1v) is 14.0. The van der Waals surface area contributed by atoms with Crippen molar-refractivity contribution in [1.82, 2.24) is 4.31 Å². The number of hydrogen-bond acceptors (Lipinski definition) is 5. The largest absolute Gasteiger partial charge is 0.455 e. The van der Waals surface area contributed by atoms with Crippen LogP contribution in [-0.4, -0.2) is 45.3 Å². The molecular formula is C28H34N2O5S. The summed E-state index contributed by atoms with van der Waals surface area (Å²) in [7, 11) is -0.721. The summed E-state index contributed by atoms with van der Waals surface area (Å²) in [5.41, 5.74) is 1.74. The Bertz CT molecular complexity index is 1270. The third-order valence-corrected chi connectivity index (χ3v) is 10.4. The Kier molecular flexibility index (Phi) is 6.24. The monoisotopic (exact) mass is 510 g/mol. The van der Waals surface area contributed by atoms with Gasteiger partial charge < -0.3 is 10.1 Å². The Labute approximate surface area is 213 Å². The highest BCUT2D eigenvalue weighted by Crippen LogP contribution is 2.66. The summed E-state index contributed by atoms with van der Waals surface area (Å²) in [5, 5.41) is 2.68. The van der Waals surface area contributed by atoms with Gasteiger partial charge in [0.05, 0.1) is 10.3 Å². The smallest absolute Gasteiger partial charge is 0.312 e. The molecule has 36 heavy (non-hydrogen) atoms. The van der Waals surface area contributed by atoms with Crippen LogP contribution in [0.4, 0.5) is 5.69 Å². The molecule has 0 spiro atoms. The molecule has 4 bridgehead atoms. The Morgan fingerprint density at radius 2 is 1.69 bits per heavy atom. The van der Waals surface area contributed by atoms with Crippen molar-refractivity contribution in [1.29, 1.82) is 0 Å². The van der Waals surface area contributed by atoms with E-state index < -0.39 is 28.0 Å². The maximum absolute atomic E-state index is 13.4. The van der Waals surface area contributed by atoms with Crippen molar-refractivity contribution in [3.8, 4) is 0 Å². The Morgan fingerprint density at radius 1 is 1.03 bits per heavy atom. The van der Waals surface area contributed by atoms with Gasteiger partial charge >= 0.3 is 5.97 Å². The van der Waals surface area contributed by atoms with Crippen LogP contribution in [0.25, 0.3) is 0 Å². The van der Waals surface area contributed by atoms with Gasteiger partial charge in [0.2, 0.25) is 10.0 Å². The summed E-state index contributed by atoms with van der Waals surface area (Å²) in [5.74, 6) is 0.268. The first-order valence-electron chi connectivity index (χ1n) is 12.6. The molecule has 192 valence electrons. The number of amides is 1. The lowest BCUT2D eigenvalue weighted by atomic mass is 9.43. The third kappa shape index (κ3) is 4.34. The summed E-state index contributed by atoms with van der Waals surface area (Å²) in [6.07, 6.45) is 5.87. The molecule has 0 aliphatic heterocycles. The molecule has 4 fully saturated rings. The van der Waals surface area contributed by atoms with E-state index in [0.29, 0.717) is 23.1 Å². The number of carbonyl (C=O) groups excluding carboxylic acids is 2. The number of esters is 1. The number of aryl methyl sites for hydroxylation is 1. The topological polar surface area (TPSA) is 92.8 Å². The molecule has 0 aromatic heterocycles. The van der Waals surface area contributed by atoms with Gasteiger partial charge in [-0.1, -0.05) is 36.4 Å². The third-order valence-electron chi connectivity index (χ3n) is 8.45. The van der Waals surface area contributed by atoms with E-state index in [2.05, 4.69) is 29.6 Å². The molecule has 4 aliphatic carbocycles. The quantitative estimate of drug-likeness (QED) is 0.562. The molecule has 0 radical (unpaired) electrons. The van der Waals surface area contributed by atoms with E-state index in [4.69, 9.17) is 4.74 Å². The van der Waals surface area contributed by atoms with Crippen LogP contribution < -0.4 is 5.32 Å². The number of nitrogens with zero attached hydrogens (tertiary/aromatic N) is 1. The van der Waals surface area contributed by atoms with Gasteiger partial charge in [0, 0.05) is 19.8 Å². The Balaban J connectivity index is 1.27. The molecule has 1 N–H and O–H groups in total. The van der Waals surface area contributed by atoms with Crippen molar-refractivity contribution in [3.05, 3.63) is 59.7 Å². The van der Waals surface area contributed by atoms with E-state index in [9.17, 15) is 18.0 Å². The van der Waals surface area contributed by atoms with Crippen molar-refractivity contribution in [3.63, 3.8) is 0 Å². The van der Waals surface area contributed by atoms with Crippen molar-refractivity contribution in [2.24, 2.45) is 17.3 Å². The Hall–Kier alpha value is -2.71. The van der Waals surface area contributed by atoms with E-state index in [-0.39, 0.29) is 16.3 Å². The lowest BCUT2D eigenvalue weighted by Gasteiger charge is -2.61. The molecule has 7 nitrogen and oxygen atoms in total. The molecule has 8 heteroatoms. The molecule has 4 aliphatic rings. The van der Waals surface area contributed by atoms with Crippen LogP contribution in [0.5, 0.6) is 0 Å². The standard InChI is InChI=1S/C28H34N2O5S/c1-19-9-10-23(12-24(19)36(33,34)30(2)3)29-25(31)17-35-26(32)28-15-20-11-21(16-28)14-27(13-20,18-28)22-7-5-4-6-8-22/h4-10,12,20-21H,11,13-18H2,1-3H3,(H,29,31)/t20-,21-,27?,28?/m1/s1. The van der Waals surface area contributed by atoms with Gasteiger partial charge in [-0.15, -0.1) is 0 Å². The highest BCUT2D eigenvalue weighted by Gasteiger charge is 2.61. The lowest BCUT2D eigenvalue weighted by molar-refractivity contribution is -0.175. The van der Waals surface area contributed by atoms with Crippen LogP contribution in [0.1, 0.15) is 49.7 Å². The minimum absolute atomic E-state index is 0.0167. The maximum atomic E-state index is 13.4. The fraction of sp³-hybridized carbons (Fsp3) is 0.500. The van der Waals surface area contributed by atoms with Gasteiger partial charge in [0.15, 0.2) is 6.61 Å². The second-order valence-electron chi connectivity index (χ2n) is 11.3. The number of anilines is 1. The zero-order chi connectivity index (χ0) is 25.7. The van der Waals surface area contributed by atoms with E-state index >= 15 is 0 Å². The average molecular weight is 511 g/mol. The van der Waals surface area contributed by atoms with E-state index in [0.717, 1.165) is 36.4 Å². The number of sulfonamides is 1. The van der Waals surface area contributed by atoms with E-state index in [1.54, 1.807) is 19.1 Å². The minimum Gasteiger partial charge on any atom is -0.455 e. The molecule has 4 saturated carbocycles. The molecule has 2 aromatic rings. The summed E-state index contributed by atoms with van der Waals surface area (Å²) in [6.45, 7) is 1.31. The zero-order valence-electron chi connectivity index (χ0n) is 21.1. The van der Waals surface area contributed by atoms with Crippen LogP contribution in [0, 0.1) is 24.2 Å². The fourth-order valence-corrected chi connectivity index (χ4v) is 8.41. The van der Waals surface area contributed by atoms with Gasteiger partial charge in [-0.3, -0.25) is 9.59 Å². The SMILES string of the molecule is Cc1ccc(NC(=O)COC(=O)C23C[C@@H]4C[C@@H](C2)CC(c2ccccc2)(C4)C3)cc1S(=O)(=O)N(C)C. The van der Waals surface area contributed by atoms with Gasteiger partial charge in [0.25, 0.3) is 5.91 Å². The number of benzene rings is 2. The fourth-order valence-electron chi connectivity index (χ4n) is 7.26. The number of rotatable bonds is 7. The van der Waals surface area contributed by atoms with E-state index in [1.807, 2.05) is 6.07 Å². The van der Waals surface area contributed by atoms with E-state index in [1.165, 1.54) is 32.1 Å². The summed E-state index contributed by atoms with van der Waals surface area (Å²) < 4.78 is 31.9. The molecule has 2 aromatic carbocycles. The summed E-state index contributed by atoms with van der Waals surface area (Å²) in [4.78, 5) is 26.2. The molecule has 2 atom stereocenters. The van der Waals surface area contributed by atoms with Gasteiger partial charge in [-0.2, -0.15) is 0 Å². The number of ether oxygens (including phenoxy) is 1. The van der Waals surface area contributed by atoms with Crippen molar-refractivity contribution >= 4 is 27.6 Å². The number of carbonyl (C=O) groups is 2. The predicted octanol–water partition coefficient (Wildman–Crippen LogP) is 4.27. The zero-order valence-corrected chi connectivity index (χ0v) is 21.9. The normalized spacial score (nSPS) is 28.8. The first kappa shape index (κ1) is 25.0. The number of nitrogens with one attached hydrogen (secondary N) is 1. The van der Waals surface area contributed by atoms with Gasteiger partial charge in [-0.05, 0) is 86.0 Å². The lowest BCUT2D eigenvalue weighted by Crippen LogP contribution is -2.57. The summed E-state index contributed by atoms with van der Waals surface area (Å²) >= 11 is 0. The number of hydrogen-bond donors (Lipinski definition) is 1. The molecule has 1 amide bonds. The second kappa shape index (κ2) is 8.99. The van der Waals surface area contributed by atoms with Crippen LogP contribution in [0.2, 0.25) is 0 Å². The molecule has 0 saturated heterocycles. The molecule has 6 rings (SSSR count). The Morgan fingerprint density at radius 3 is 2.33 bits per heavy atom. The van der Waals surface area contributed by atoms with Crippen LogP contribution in [0.15, 0.2) is 53.4 Å². The molecule has 0 heterocycles. The highest BCUT2D eigenvalue weighted by molar-refractivity contribution is 7.89. The van der Waals surface area contributed by atoms with Crippen LogP contribution in [-0.2, 0) is 29.8 Å². The molecular weight excluding hydrogens is 476 g/mol. The van der Waals surface area contributed by atoms with Crippen LogP contribution >= 0.6 is 0 Å². The predicted molar refractivity (Wildman–Crippen MR) is 137 cm³/mol. The van der Waals surface area contributed by atoms with Crippen molar-refractivity contribution in [2.45, 2.75) is 55.8 Å². The van der Waals surface area contributed by atoms with Crippen molar-refractivity contribution < 1.29 is 22.7 Å². The second-order valence-corrected chi connectivity index (χ2v) is 13.4. The minimum atomic E-state index is -3.65. The first-order chi connectivity index (χ1) is 17.0. The van der Waals surface area contributed by atoms with Gasteiger partial charge in [-0.25, -0.2) is 12.7 Å². The molecule has 0 unspecified atom stereocenters. The van der Waals surface area contributed by atoms with Crippen molar-refractivity contribution in [2.75, 3.05) is 26.0 Å². The van der Waals surface area contributed by atoms with Gasteiger partial charge in [0.1, 0.15) is 0 Å².